The molecule has 1 aromatic heterocycles. The van der Waals surface area contributed by atoms with E-state index in [9.17, 15) is 0 Å². The summed E-state index contributed by atoms with van der Waals surface area (Å²) < 4.78 is 5.77. The zero-order valence-corrected chi connectivity index (χ0v) is 11.6. The Hall–Kier alpha value is -2.10. The first-order valence-electron chi connectivity index (χ1n) is 6.57. The largest absolute Gasteiger partial charge is 0.439 e. The van der Waals surface area contributed by atoms with Crippen molar-refractivity contribution in [3.8, 4) is 11.6 Å². The third-order valence-electron chi connectivity index (χ3n) is 2.67. The fourth-order valence-corrected chi connectivity index (χ4v) is 1.68. The number of nitrogens with one attached hydrogen (secondary N) is 1. The van der Waals surface area contributed by atoms with Gasteiger partial charge in [0.25, 0.3) is 0 Å². The van der Waals surface area contributed by atoms with E-state index in [1.54, 1.807) is 0 Å². The molecule has 0 fully saturated rings. The molecule has 4 nitrogen and oxygen atoms in total. The van der Waals surface area contributed by atoms with Gasteiger partial charge in [0.15, 0.2) is 0 Å². The Kier molecular flexibility index (Phi) is 4.34. The number of ether oxygens (including phenoxy) is 1. The Morgan fingerprint density at radius 2 is 1.84 bits per heavy atom. The Labute approximate surface area is 113 Å². The van der Waals surface area contributed by atoms with E-state index in [-0.39, 0.29) is 0 Å². The van der Waals surface area contributed by atoms with E-state index >= 15 is 0 Å². The molecule has 0 saturated carbocycles. The van der Waals surface area contributed by atoms with Crippen LogP contribution in [0.2, 0.25) is 0 Å². The van der Waals surface area contributed by atoms with Crippen LogP contribution >= 0.6 is 0 Å². The van der Waals surface area contributed by atoms with E-state index < -0.39 is 0 Å². The van der Waals surface area contributed by atoms with E-state index in [2.05, 4.69) is 15.3 Å². The smallest absolute Gasteiger partial charge is 0.224 e. The number of hydrogen-bond acceptors (Lipinski definition) is 4. The highest BCUT2D eigenvalue weighted by Crippen LogP contribution is 2.22. The van der Waals surface area contributed by atoms with Gasteiger partial charge in [0.1, 0.15) is 17.4 Å². The lowest BCUT2D eigenvalue weighted by Gasteiger charge is -2.09. The summed E-state index contributed by atoms with van der Waals surface area (Å²) >= 11 is 0. The summed E-state index contributed by atoms with van der Waals surface area (Å²) in [5.41, 5.74) is 1.21. The van der Waals surface area contributed by atoms with Crippen molar-refractivity contribution in [1.29, 1.82) is 0 Å². The van der Waals surface area contributed by atoms with Crippen molar-refractivity contribution in [3.63, 3.8) is 0 Å². The maximum Gasteiger partial charge on any atom is 0.224 e. The minimum atomic E-state index is 0.576. The quantitative estimate of drug-likeness (QED) is 0.889. The van der Waals surface area contributed by atoms with Crippen molar-refractivity contribution in [2.75, 3.05) is 11.9 Å². The molecule has 1 N–H and O–H groups in total. The van der Waals surface area contributed by atoms with Crippen LogP contribution in [-0.2, 0) is 6.42 Å². The van der Waals surface area contributed by atoms with Gasteiger partial charge < -0.3 is 10.1 Å². The van der Waals surface area contributed by atoms with Gasteiger partial charge in [-0.05, 0) is 26.0 Å². The van der Waals surface area contributed by atoms with Gasteiger partial charge in [0.2, 0.25) is 5.88 Å². The Morgan fingerprint density at radius 3 is 2.47 bits per heavy atom. The molecule has 0 unspecified atom stereocenters. The molecular weight excluding hydrogens is 238 g/mol. The number of aromatic nitrogens is 2. The second-order valence-electron chi connectivity index (χ2n) is 4.31. The molecule has 1 heterocycles. The van der Waals surface area contributed by atoms with Crippen LogP contribution in [0.5, 0.6) is 11.6 Å². The molecule has 19 heavy (non-hydrogen) atoms. The summed E-state index contributed by atoms with van der Waals surface area (Å²) in [4.78, 5) is 8.77. The molecule has 0 bridgehead atoms. The molecule has 0 aliphatic carbocycles. The number of nitrogens with zero attached hydrogens (tertiary/aromatic N) is 2. The van der Waals surface area contributed by atoms with Gasteiger partial charge in [-0.25, -0.2) is 4.98 Å². The average Bonchev–Trinajstić information content (AvgIpc) is 2.41. The zero-order chi connectivity index (χ0) is 13.7. The fourth-order valence-electron chi connectivity index (χ4n) is 1.68. The highest BCUT2D eigenvalue weighted by Gasteiger charge is 2.05. The van der Waals surface area contributed by atoms with Crippen LogP contribution in [-0.4, -0.2) is 16.5 Å². The summed E-state index contributed by atoms with van der Waals surface area (Å²) in [6.07, 6.45) is 0.781. The summed E-state index contributed by atoms with van der Waals surface area (Å²) in [5.74, 6) is 2.94. The van der Waals surface area contributed by atoms with Gasteiger partial charge in [0, 0.05) is 19.0 Å². The summed E-state index contributed by atoms with van der Waals surface area (Å²) in [6.45, 7) is 6.94. The molecule has 0 aliphatic heterocycles. The van der Waals surface area contributed by atoms with Gasteiger partial charge in [-0.15, -0.1) is 0 Å². The highest BCUT2D eigenvalue weighted by atomic mass is 16.5. The predicted octanol–water partition coefficient (Wildman–Crippen LogP) is 3.57. The molecule has 2 aromatic rings. The second-order valence-corrected chi connectivity index (χ2v) is 4.31. The maximum atomic E-state index is 5.77. The average molecular weight is 257 g/mol. The lowest BCUT2D eigenvalue weighted by Crippen LogP contribution is -2.04. The molecule has 4 heteroatoms. The second kappa shape index (κ2) is 6.18. The minimum Gasteiger partial charge on any atom is -0.439 e. The Balaban J connectivity index is 2.23. The summed E-state index contributed by atoms with van der Waals surface area (Å²) in [6, 6.07) is 9.74. The van der Waals surface area contributed by atoms with Crippen LogP contribution in [0.15, 0.2) is 30.3 Å². The Morgan fingerprint density at radius 1 is 1.11 bits per heavy atom. The minimum absolute atomic E-state index is 0.576. The molecular formula is C15H19N3O. The Bertz CT molecular complexity index is 538. The molecule has 0 amide bonds. The van der Waals surface area contributed by atoms with Crippen LogP contribution in [0.25, 0.3) is 0 Å². The fraction of sp³-hybridized carbons (Fsp3) is 0.333. The standard InChI is InChI=1S/C15H19N3O/c1-4-13-17-14(16-5-2)10-15(18-13)19-12-8-6-11(3)7-9-12/h6-10H,4-5H2,1-3H3,(H,16,17,18). The van der Waals surface area contributed by atoms with Gasteiger partial charge in [-0.3, -0.25) is 0 Å². The molecule has 0 saturated heterocycles. The normalized spacial score (nSPS) is 10.3. The molecule has 0 spiro atoms. The topological polar surface area (TPSA) is 47.0 Å². The van der Waals surface area contributed by atoms with E-state index in [0.29, 0.717) is 5.88 Å². The number of anilines is 1. The van der Waals surface area contributed by atoms with Crippen molar-refractivity contribution >= 4 is 5.82 Å². The van der Waals surface area contributed by atoms with E-state index in [4.69, 9.17) is 4.74 Å². The van der Waals surface area contributed by atoms with Crippen molar-refractivity contribution in [3.05, 3.63) is 41.7 Å². The van der Waals surface area contributed by atoms with Crippen molar-refractivity contribution in [2.24, 2.45) is 0 Å². The first kappa shape index (κ1) is 13.3. The number of hydrogen-bond donors (Lipinski definition) is 1. The van der Waals surface area contributed by atoms with E-state index in [0.717, 1.165) is 30.4 Å². The molecule has 2 rings (SSSR count). The van der Waals surface area contributed by atoms with E-state index in [1.165, 1.54) is 5.56 Å². The van der Waals surface area contributed by atoms with Gasteiger partial charge in [-0.1, -0.05) is 24.6 Å². The monoisotopic (exact) mass is 257 g/mol. The zero-order valence-electron chi connectivity index (χ0n) is 11.6. The lowest BCUT2D eigenvalue weighted by molar-refractivity contribution is 0.459. The summed E-state index contributed by atoms with van der Waals surface area (Å²) in [7, 11) is 0. The predicted molar refractivity (Wildman–Crippen MR) is 76.8 cm³/mol. The van der Waals surface area contributed by atoms with Crippen molar-refractivity contribution in [2.45, 2.75) is 27.2 Å². The van der Waals surface area contributed by atoms with Crippen LogP contribution in [0.4, 0.5) is 5.82 Å². The molecule has 0 atom stereocenters. The first-order valence-corrected chi connectivity index (χ1v) is 6.57. The number of benzene rings is 1. The van der Waals surface area contributed by atoms with Gasteiger partial charge >= 0.3 is 0 Å². The van der Waals surface area contributed by atoms with E-state index in [1.807, 2.05) is 51.1 Å². The van der Waals surface area contributed by atoms with Crippen molar-refractivity contribution in [1.82, 2.24) is 9.97 Å². The molecule has 1 aromatic carbocycles. The van der Waals surface area contributed by atoms with Crippen LogP contribution in [0.3, 0.4) is 0 Å². The van der Waals surface area contributed by atoms with Crippen LogP contribution in [0, 0.1) is 6.92 Å². The van der Waals surface area contributed by atoms with Gasteiger partial charge in [-0.2, -0.15) is 4.98 Å². The maximum absolute atomic E-state index is 5.77. The van der Waals surface area contributed by atoms with Crippen LogP contribution < -0.4 is 10.1 Å². The van der Waals surface area contributed by atoms with Gasteiger partial charge in [0.05, 0.1) is 0 Å². The third kappa shape index (κ3) is 3.68. The first-order chi connectivity index (χ1) is 9.21. The molecule has 100 valence electrons. The molecule has 0 aliphatic rings. The molecule has 0 radical (unpaired) electrons. The summed E-state index contributed by atoms with van der Waals surface area (Å²) in [5, 5.41) is 3.19. The third-order valence-corrected chi connectivity index (χ3v) is 2.67. The lowest BCUT2D eigenvalue weighted by atomic mass is 10.2. The van der Waals surface area contributed by atoms with Crippen LogP contribution in [0.1, 0.15) is 25.2 Å². The van der Waals surface area contributed by atoms with Crippen molar-refractivity contribution < 1.29 is 4.74 Å². The number of rotatable bonds is 5. The highest BCUT2D eigenvalue weighted by molar-refractivity contribution is 5.40. The number of aryl methyl sites for hydroxylation is 2. The SMILES string of the molecule is CCNc1cc(Oc2ccc(C)cc2)nc(CC)n1.